The Kier molecular flexibility index (Phi) is 4.07. The van der Waals surface area contributed by atoms with E-state index in [0.29, 0.717) is 12.1 Å². The lowest BCUT2D eigenvalue weighted by Crippen LogP contribution is -2.45. The number of rotatable bonds is 4. The molecule has 0 radical (unpaired) electrons. The molecule has 2 aliphatic rings. The van der Waals surface area contributed by atoms with Crippen LogP contribution in [0.5, 0.6) is 0 Å². The first kappa shape index (κ1) is 14.4. The highest BCUT2D eigenvalue weighted by molar-refractivity contribution is 6.30. The molecule has 0 bridgehead atoms. The van der Waals surface area contributed by atoms with E-state index in [2.05, 4.69) is 31.3 Å². The molecule has 1 heterocycles. The van der Waals surface area contributed by atoms with E-state index in [4.69, 9.17) is 16.3 Å². The topological polar surface area (TPSA) is 21.3 Å². The molecule has 1 saturated heterocycles. The highest BCUT2D eigenvalue weighted by atomic mass is 35.5. The molecule has 2 unspecified atom stereocenters. The minimum atomic E-state index is 0.00398. The van der Waals surface area contributed by atoms with Crippen molar-refractivity contribution in [3.8, 4) is 0 Å². The fourth-order valence-electron chi connectivity index (χ4n) is 3.23. The summed E-state index contributed by atoms with van der Waals surface area (Å²) in [7, 11) is 0. The van der Waals surface area contributed by atoms with E-state index in [1.165, 1.54) is 18.4 Å². The van der Waals surface area contributed by atoms with Gasteiger partial charge in [0.15, 0.2) is 0 Å². The number of benzene rings is 1. The van der Waals surface area contributed by atoms with E-state index >= 15 is 0 Å². The van der Waals surface area contributed by atoms with Gasteiger partial charge < -0.3 is 10.1 Å². The van der Waals surface area contributed by atoms with Crippen molar-refractivity contribution in [2.75, 3.05) is 6.61 Å². The molecule has 2 atom stereocenters. The van der Waals surface area contributed by atoms with Crippen LogP contribution in [0.15, 0.2) is 24.3 Å². The van der Waals surface area contributed by atoms with Crippen LogP contribution in [0, 0.1) is 5.92 Å². The maximum absolute atomic E-state index is 6.00. The van der Waals surface area contributed by atoms with E-state index in [9.17, 15) is 0 Å². The number of nitrogens with one attached hydrogen (secondary N) is 1. The Morgan fingerprint density at radius 2 is 1.90 bits per heavy atom. The van der Waals surface area contributed by atoms with E-state index in [-0.39, 0.29) is 5.60 Å². The Balaban J connectivity index is 1.70. The van der Waals surface area contributed by atoms with Crippen LogP contribution in [0.2, 0.25) is 5.02 Å². The maximum atomic E-state index is 6.00. The summed E-state index contributed by atoms with van der Waals surface area (Å²) in [5, 5.41) is 4.70. The second kappa shape index (κ2) is 5.67. The van der Waals surface area contributed by atoms with E-state index in [1.54, 1.807) is 0 Å². The van der Waals surface area contributed by atoms with Crippen molar-refractivity contribution in [3.05, 3.63) is 34.9 Å². The fraction of sp³-hybridized carbons (Fsp3) is 0.647. The summed E-state index contributed by atoms with van der Waals surface area (Å²) in [6.07, 6.45) is 4.88. The van der Waals surface area contributed by atoms with Gasteiger partial charge in [0.2, 0.25) is 0 Å². The summed E-state index contributed by atoms with van der Waals surface area (Å²) >= 11 is 6.00. The number of hydrogen-bond donors (Lipinski definition) is 1. The largest absolute Gasteiger partial charge is 0.375 e. The van der Waals surface area contributed by atoms with Gasteiger partial charge in [-0.05, 0) is 63.1 Å². The van der Waals surface area contributed by atoms with Crippen molar-refractivity contribution < 1.29 is 4.74 Å². The Bertz CT molecular complexity index is 453. The molecule has 1 aliphatic heterocycles. The molecule has 1 N–H and O–H groups in total. The Labute approximate surface area is 126 Å². The van der Waals surface area contributed by atoms with Gasteiger partial charge >= 0.3 is 0 Å². The molecule has 3 heteroatoms. The van der Waals surface area contributed by atoms with Crippen molar-refractivity contribution in [2.24, 2.45) is 5.92 Å². The Hall–Kier alpha value is -0.570. The van der Waals surface area contributed by atoms with Crippen LogP contribution in [-0.4, -0.2) is 18.2 Å². The van der Waals surface area contributed by atoms with Gasteiger partial charge in [-0.2, -0.15) is 0 Å². The molecule has 1 aromatic rings. The van der Waals surface area contributed by atoms with Crippen molar-refractivity contribution in [2.45, 2.75) is 57.2 Å². The summed E-state index contributed by atoms with van der Waals surface area (Å²) in [4.78, 5) is 0. The average Bonchev–Trinajstić information content (AvgIpc) is 3.20. The zero-order valence-corrected chi connectivity index (χ0v) is 13.1. The number of halogens is 1. The lowest BCUT2D eigenvalue weighted by atomic mass is 9.92. The molecular formula is C17H24ClNO. The molecule has 0 spiro atoms. The van der Waals surface area contributed by atoms with Crippen LogP contribution < -0.4 is 5.32 Å². The van der Waals surface area contributed by atoms with Gasteiger partial charge in [-0.1, -0.05) is 23.7 Å². The summed E-state index contributed by atoms with van der Waals surface area (Å²) < 4.78 is 5.82. The first-order valence-corrected chi connectivity index (χ1v) is 8.07. The summed E-state index contributed by atoms with van der Waals surface area (Å²) in [6, 6.07) is 9.38. The predicted octanol–water partition coefficient (Wildman–Crippen LogP) is 4.34. The third kappa shape index (κ3) is 3.55. The Morgan fingerprint density at radius 3 is 2.50 bits per heavy atom. The minimum absolute atomic E-state index is 0.00398. The van der Waals surface area contributed by atoms with Crippen molar-refractivity contribution in [1.82, 2.24) is 5.32 Å². The van der Waals surface area contributed by atoms with E-state index in [0.717, 1.165) is 30.4 Å². The third-order valence-electron chi connectivity index (χ3n) is 4.43. The molecule has 1 aromatic carbocycles. The standard InChI is InChI=1S/C17H24ClNO/c1-17(2)11-15(9-10-20-17)19-16(12-3-4-12)13-5-7-14(18)8-6-13/h5-8,12,15-16,19H,3-4,9-11H2,1-2H3. The van der Waals surface area contributed by atoms with Crippen LogP contribution in [0.3, 0.4) is 0 Å². The van der Waals surface area contributed by atoms with Gasteiger partial charge in [-0.3, -0.25) is 0 Å². The second-order valence-electron chi connectivity index (χ2n) is 6.83. The first-order chi connectivity index (χ1) is 9.53. The smallest absolute Gasteiger partial charge is 0.0641 e. The van der Waals surface area contributed by atoms with Gasteiger partial charge in [0.25, 0.3) is 0 Å². The summed E-state index contributed by atoms with van der Waals surface area (Å²) in [6.45, 7) is 5.24. The molecule has 3 rings (SSSR count). The second-order valence-corrected chi connectivity index (χ2v) is 7.27. The van der Waals surface area contributed by atoms with E-state index < -0.39 is 0 Å². The average molecular weight is 294 g/mol. The molecule has 110 valence electrons. The molecule has 1 saturated carbocycles. The van der Waals surface area contributed by atoms with E-state index in [1.807, 2.05) is 12.1 Å². The molecule has 20 heavy (non-hydrogen) atoms. The van der Waals surface area contributed by atoms with Crippen LogP contribution in [0.4, 0.5) is 0 Å². The number of hydrogen-bond acceptors (Lipinski definition) is 2. The zero-order chi connectivity index (χ0) is 14.2. The monoisotopic (exact) mass is 293 g/mol. The predicted molar refractivity (Wildman–Crippen MR) is 83.1 cm³/mol. The lowest BCUT2D eigenvalue weighted by molar-refractivity contribution is -0.0645. The van der Waals surface area contributed by atoms with Gasteiger partial charge in [0, 0.05) is 23.7 Å². The van der Waals surface area contributed by atoms with Gasteiger partial charge in [-0.25, -0.2) is 0 Å². The molecule has 2 fully saturated rings. The van der Waals surface area contributed by atoms with Gasteiger partial charge in [-0.15, -0.1) is 0 Å². The summed E-state index contributed by atoms with van der Waals surface area (Å²) in [5.74, 6) is 0.794. The highest BCUT2D eigenvalue weighted by Crippen LogP contribution is 2.42. The van der Waals surface area contributed by atoms with Gasteiger partial charge in [0.05, 0.1) is 5.60 Å². The molecule has 0 aromatic heterocycles. The third-order valence-corrected chi connectivity index (χ3v) is 4.69. The zero-order valence-electron chi connectivity index (χ0n) is 12.4. The van der Waals surface area contributed by atoms with Crippen LogP contribution >= 0.6 is 11.6 Å². The Morgan fingerprint density at radius 1 is 1.20 bits per heavy atom. The quantitative estimate of drug-likeness (QED) is 0.892. The van der Waals surface area contributed by atoms with Crippen LogP contribution in [0.1, 0.15) is 51.1 Å². The summed E-state index contributed by atoms with van der Waals surface area (Å²) in [5.41, 5.74) is 1.38. The lowest BCUT2D eigenvalue weighted by Gasteiger charge is -2.38. The number of ether oxygens (including phenoxy) is 1. The SMILES string of the molecule is CC1(C)CC(NC(c2ccc(Cl)cc2)C2CC2)CCO1. The van der Waals surface area contributed by atoms with Crippen molar-refractivity contribution >= 4 is 11.6 Å². The van der Waals surface area contributed by atoms with Crippen LogP contribution in [-0.2, 0) is 4.74 Å². The molecule has 1 aliphatic carbocycles. The molecule has 0 amide bonds. The van der Waals surface area contributed by atoms with Gasteiger partial charge in [0.1, 0.15) is 0 Å². The maximum Gasteiger partial charge on any atom is 0.0641 e. The van der Waals surface area contributed by atoms with Crippen molar-refractivity contribution in [3.63, 3.8) is 0 Å². The van der Waals surface area contributed by atoms with Crippen molar-refractivity contribution in [1.29, 1.82) is 0 Å². The fourth-order valence-corrected chi connectivity index (χ4v) is 3.36. The highest BCUT2D eigenvalue weighted by Gasteiger charge is 2.36. The molecule has 2 nitrogen and oxygen atoms in total. The molecular weight excluding hydrogens is 270 g/mol. The first-order valence-electron chi connectivity index (χ1n) is 7.69. The van der Waals surface area contributed by atoms with Crippen LogP contribution in [0.25, 0.3) is 0 Å². The normalized spacial score (nSPS) is 27.2. The minimum Gasteiger partial charge on any atom is -0.375 e.